The number of ether oxygens (including phenoxy) is 1. The highest BCUT2D eigenvalue weighted by Crippen LogP contribution is 2.40. The standard InChI is InChI=1S/C14H25NO/c1-4-13-12(11(2)3)5-6-14(16-13)7-9-15-10-8-14/h11,15H,4-10H2,1-3H3. The smallest absolute Gasteiger partial charge is 0.111 e. The van der Waals surface area contributed by atoms with Gasteiger partial charge in [0.15, 0.2) is 0 Å². The minimum atomic E-state index is 0.176. The van der Waals surface area contributed by atoms with Crippen molar-refractivity contribution in [1.29, 1.82) is 0 Å². The lowest BCUT2D eigenvalue weighted by Gasteiger charge is -2.43. The first-order valence-electron chi connectivity index (χ1n) is 6.78. The van der Waals surface area contributed by atoms with Crippen LogP contribution in [0.15, 0.2) is 11.3 Å². The highest BCUT2D eigenvalue weighted by Gasteiger charge is 2.38. The SMILES string of the molecule is CCC1=C(C(C)C)CCC2(CCNCC2)O1. The topological polar surface area (TPSA) is 21.3 Å². The molecule has 16 heavy (non-hydrogen) atoms. The summed E-state index contributed by atoms with van der Waals surface area (Å²) in [5, 5.41) is 3.43. The van der Waals surface area contributed by atoms with E-state index in [9.17, 15) is 0 Å². The summed E-state index contributed by atoms with van der Waals surface area (Å²) in [6.07, 6.45) is 5.90. The molecular weight excluding hydrogens is 198 g/mol. The third-order valence-corrected chi connectivity index (χ3v) is 4.08. The van der Waals surface area contributed by atoms with Crippen LogP contribution in [-0.4, -0.2) is 18.7 Å². The molecule has 2 aliphatic heterocycles. The Morgan fingerprint density at radius 3 is 2.50 bits per heavy atom. The molecule has 1 spiro atoms. The molecule has 2 heterocycles. The van der Waals surface area contributed by atoms with E-state index >= 15 is 0 Å². The fourth-order valence-corrected chi connectivity index (χ4v) is 3.02. The average Bonchev–Trinajstić information content (AvgIpc) is 2.29. The van der Waals surface area contributed by atoms with Gasteiger partial charge in [0.2, 0.25) is 0 Å². The summed E-state index contributed by atoms with van der Waals surface area (Å²) in [6.45, 7) is 9.03. The van der Waals surface area contributed by atoms with Gasteiger partial charge in [-0.1, -0.05) is 20.8 Å². The fourth-order valence-electron chi connectivity index (χ4n) is 3.02. The van der Waals surface area contributed by atoms with Crippen LogP contribution in [0.1, 0.15) is 52.9 Å². The summed E-state index contributed by atoms with van der Waals surface area (Å²) in [7, 11) is 0. The fraction of sp³-hybridized carbons (Fsp3) is 0.857. The van der Waals surface area contributed by atoms with E-state index in [2.05, 4.69) is 26.1 Å². The second kappa shape index (κ2) is 4.79. The molecule has 0 bridgehead atoms. The van der Waals surface area contributed by atoms with Crippen LogP contribution >= 0.6 is 0 Å². The first-order valence-corrected chi connectivity index (χ1v) is 6.78. The van der Waals surface area contributed by atoms with E-state index in [0.29, 0.717) is 5.92 Å². The maximum absolute atomic E-state index is 6.38. The van der Waals surface area contributed by atoms with Gasteiger partial charge in [-0.2, -0.15) is 0 Å². The predicted octanol–water partition coefficient (Wildman–Crippen LogP) is 3.24. The van der Waals surface area contributed by atoms with E-state index in [1.54, 1.807) is 5.57 Å². The van der Waals surface area contributed by atoms with Crippen molar-refractivity contribution < 1.29 is 4.74 Å². The van der Waals surface area contributed by atoms with Crippen molar-refractivity contribution in [3.63, 3.8) is 0 Å². The van der Waals surface area contributed by atoms with Crippen LogP contribution in [-0.2, 0) is 4.74 Å². The Kier molecular flexibility index (Phi) is 3.58. The predicted molar refractivity (Wildman–Crippen MR) is 67.3 cm³/mol. The molecule has 0 aromatic heterocycles. The highest BCUT2D eigenvalue weighted by atomic mass is 16.5. The molecule has 0 radical (unpaired) electrons. The molecule has 0 aromatic carbocycles. The highest BCUT2D eigenvalue weighted by molar-refractivity contribution is 5.16. The van der Waals surface area contributed by atoms with Gasteiger partial charge in [-0.05, 0) is 50.3 Å². The Bertz CT molecular complexity index is 274. The molecule has 92 valence electrons. The number of hydrogen-bond donors (Lipinski definition) is 1. The number of piperidine rings is 1. The van der Waals surface area contributed by atoms with Gasteiger partial charge in [0, 0.05) is 6.42 Å². The van der Waals surface area contributed by atoms with E-state index in [4.69, 9.17) is 4.74 Å². The van der Waals surface area contributed by atoms with Gasteiger partial charge in [-0.15, -0.1) is 0 Å². The summed E-state index contributed by atoms with van der Waals surface area (Å²) >= 11 is 0. The molecule has 2 nitrogen and oxygen atoms in total. The summed E-state index contributed by atoms with van der Waals surface area (Å²) in [5.74, 6) is 1.94. The molecule has 2 aliphatic rings. The minimum absolute atomic E-state index is 0.176. The molecule has 1 fully saturated rings. The van der Waals surface area contributed by atoms with Gasteiger partial charge in [0.25, 0.3) is 0 Å². The van der Waals surface area contributed by atoms with Crippen LogP contribution in [0.3, 0.4) is 0 Å². The molecule has 1 saturated heterocycles. The van der Waals surface area contributed by atoms with Gasteiger partial charge >= 0.3 is 0 Å². The third-order valence-electron chi connectivity index (χ3n) is 4.08. The van der Waals surface area contributed by atoms with Crippen molar-refractivity contribution in [1.82, 2.24) is 5.32 Å². The molecular formula is C14H25NO. The van der Waals surface area contributed by atoms with Gasteiger partial charge in [0.05, 0.1) is 5.76 Å². The van der Waals surface area contributed by atoms with Crippen molar-refractivity contribution in [3.8, 4) is 0 Å². The van der Waals surface area contributed by atoms with Gasteiger partial charge < -0.3 is 10.1 Å². The second-order valence-electron chi connectivity index (χ2n) is 5.49. The molecule has 0 aromatic rings. The van der Waals surface area contributed by atoms with Crippen LogP contribution in [0.2, 0.25) is 0 Å². The molecule has 0 saturated carbocycles. The Balaban J connectivity index is 2.14. The monoisotopic (exact) mass is 223 g/mol. The van der Waals surface area contributed by atoms with Crippen molar-refractivity contribution in [2.45, 2.75) is 58.5 Å². The molecule has 0 unspecified atom stereocenters. The Morgan fingerprint density at radius 1 is 1.25 bits per heavy atom. The molecule has 2 heteroatoms. The van der Waals surface area contributed by atoms with Crippen LogP contribution in [0, 0.1) is 5.92 Å². The largest absolute Gasteiger partial charge is 0.492 e. The molecule has 1 N–H and O–H groups in total. The third kappa shape index (κ3) is 2.27. The van der Waals surface area contributed by atoms with Crippen LogP contribution < -0.4 is 5.32 Å². The first-order chi connectivity index (χ1) is 7.67. The summed E-state index contributed by atoms with van der Waals surface area (Å²) in [4.78, 5) is 0. The van der Waals surface area contributed by atoms with Gasteiger partial charge in [-0.25, -0.2) is 0 Å². The number of hydrogen-bond acceptors (Lipinski definition) is 2. The van der Waals surface area contributed by atoms with Crippen molar-refractivity contribution in [2.24, 2.45) is 5.92 Å². The van der Waals surface area contributed by atoms with Crippen LogP contribution in [0.25, 0.3) is 0 Å². The summed E-state index contributed by atoms with van der Waals surface area (Å²) < 4.78 is 6.38. The summed E-state index contributed by atoms with van der Waals surface area (Å²) in [5.41, 5.74) is 1.74. The lowest BCUT2D eigenvalue weighted by molar-refractivity contribution is -0.0467. The Labute approximate surface area is 99.4 Å². The Morgan fingerprint density at radius 2 is 1.94 bits per heavy atom. The quantitative estimate of drug-likeness (QED) is 0.776. The van der Waals surface area contributed by atoms with Gasteiger partial charge in [0.1, 0.15) is 5.60 Å². The summed E-state index contributed by atoms with van der Waals surface area (Å²) in [6, 6.07) is 0. The average molecular weight is 223 g/mol. The maximum Gasteiger partial charge on any atom is 0.111 e. The number of allylic oxidation sites excluding steroid dienone is 2. The lowest BCUT2D eigenvalue weighted by atomic mass is 9.81. The van der Waals surface area contributed by atoms with Gasteiger partial charge in [-0.3, -0.25) is 0 Å². The number of nitrogens with one attached hydrogen (secondary N) is 1. The van der Waals surface area contributed by atoms with E-state index in [0.717, 1.165) is 19.5 Å². The molecule has 2 rings (SSSR count). The van der Waals surface area contributed by atoms with Crippen LogP contribution in [0.4, 0.5) is 0 Å². The maximum atomic E-state index is 6.38. The van der Waals surface area contributed by atoms with Crippen molar-refractivity contribution >= 4 is 0 Å². The molecule has 0 atom stereocenters. The first kappa shape index (κ1) is 12.0. The Hall–Kier alpha value is -0.500. The molecule has 0 aliphatic carbocycles. The molecule has 0 amide bonds. The van der Waals surface area contributed by atoms with Crippen molar-refractivity contribution in [3.05, 3.63) is 11.3 Å². The van der Waals surface area contributed by atoms with Crippen LogP contribution in [0.5, 0.6) is 0 Å². The minimum Gasteiger partial charge on any atom is -0.492 e. The van der Waals surface area contributed by atoms with E-state index in [1.165, 1.54) is 31.4 Å². The normalized spacial score (nSPS) is 25.0. The second-order valence-corrected chi connectivity index (χ2v) is 5.49. The van der Waals surface area contributed by atoms with E-state index < -0.39 is 0 Å². The zero-order valence-electron chi connectivity index (χ0n) is 10.9. The zero-order valence-corrected chi connectivity index (χ0v) is 10.9. The zero-order chi connectivity index (χ0) is 11.6. The van der Waals surface area contributed by atoms with Crippen molar-refractivity contribution in [2.75, 3.05) is 13.1 Å². The lowest BCUT2D eigenvalue weighted by Crippen LogP contribution is -2.45. The van der Waals surface area contributed by atoms with E-state index in [1.807, 2.05) is 0 Å². The number of rotatable bonds is 2. The van der Waals surface area contributed by atoms with E-state index in [-0.39, 0.29) is 5.60 Å².